The molecule has 0 bridgehead atoms. The summed E-state index contributed by atoms with van der Waals surface area (Å²) in [4.78, 5) is 0.225. The summed E-state index contributed by atoms with van der Waals surface area (Å²) in [6, 6.07) is 4.77. The zero-order valence-corrected chi connectivity index (χ0v) is 12.6. The summed E-state index contributed by atoms with van der Waals surface area (Å²) in [7, 11) is 0.335. The second kappa shape index (κ2) is 7.22. The Morgan fingerprint density at radius 2 is 2.00 bits per heavy atom. The van der Waals surface area contributed by atoms with Crippen molar-refractivity contribution in [2.24, 2.45) is 5.92 Å². The fourth-order valence-corrected chi connectivity index (χ4v) is 3.39. The highest BCUT2D eigenvalue weighted by atomic mass is 32.2. The predicted molar refractivity (Wildman–Crippen MR) is 75.0 cm³/mol. The van der Waals surface area contributed by atoms with Crippen molar-refractivity contribution in [3.05, 3.63) is 29.8 Å². The number of alkyl halides is 3. The van der Waals surface area contributed by atoms with E-state index in [9.17, 15) is 17.4 Å². The van der Waals surface area contributed by atoms with Crippen molar-refractivity contribution in [1.29, 1.82) is 0 Å². The Balaban J connectivity index is 2.87. The van der Waals surface area contributed by atoms with E-state index in [1.165, 1.54) is 12.1 Å². The van der Waals surface area contributed by atoms with Crippen LogP contribution in [-0.4, -0.2) is 23.1 Å². The molecular weight excluding hydrogens is 287 g/mol. The zero-order valence-electron chi connectivity index (χ0n) is 11.8. The molecule has 0 aliphatic rings. The average molecular weight is 307 g/mol. The first-order valence-electron chi connectivity index (χ1n) is 6.52. The van der Waals surface area contributed by atoms with Crippen LogP contribution >= 0.6 is 0 Å². The maximum absolute atomic E-state index is 12.6. The summed E-state index contributed by atoms with van der Waals surface area (Å²) in [6.07, 6.45) is -3.48. The Morgan fingerprint density at radius 1 is 1.35 bits per heavy atom. The fourth-order valence-electron chi connectivity index (χ4n) is 1.89. The Labute approximate surface area is 120 Å². The molecule has 0 saturated carbocycles. The van der Waals surface area contributed by atoms with Crippen molar-refractivity contribution in [3.63, 3.8) is 0 Å². The molecule has 0 aliphatic heterocycles. The first kappa shape index (κ1) is 17.2. The standard InChI is InChI=1S/C14H20F3NOS/c1-4-10(2)13(18-3)9-20(19)12-7-5-6-11(8-12)14(15,16)17/h5-8,10,13,18H,4,9H2,1-3H3. The summed E-state index contributed by atoms with van der Waals surface area (Å²) in [6.45, 7) is 4.06. The van der Waals surface area contributed by atoms with E-state index in [4.69, 9.17) is 0 Å². The van der Waals surface area contributed by atoms with Crippen molar-refractivity contribution in [2.45, 2.75) is 37.4 Å². The molecule has 1 N–H and O–H groups in total. The van der Waals surface area contributed by atoms with E-state index in [1.807, 2.05) is 13.8 Å². The van der Waals surface area contributed by atoms with Crippen molar-refractivity contribution in [1.82, 2.24) is 5.32 Å². The van der Waals surface area contributed by atoms with Gasteiger partial charge in [-0.2, -0.15) is 13.2 Å². The lowest BCUT2D eigenvalue weighted by atomic mass is 10.0. The van der Waals surface area contributed by atoms with Gasteiger partial charge in [-0.05, 0) is 31.2 Å². The van der Waals surface area contributed by atoms with E-state index in [0.717, 1.165) is 18.6 Å². The van der Waals surface area contributed by atoms with Crippen molar-refractivity contribution in [3.8, 4) is 0 Å². The summed E-state index contributed by atoms with van der Waals surface area (Å²) >= 11 is 0. The van der Waals surface area contributed by atoms with Crippen molar-refractivity contribution in [2.75, 3.05) is 12.8 Å². The van der Waals surface area contributed by atoms with Gasteiger partial charge in [0.2, 0.25) is 0 Å². The SMILES string of the molecule is CCC(C)C(CS(=O)c1cccc(C(F)(F)F)c1)NC. The van der Waals surface area contributed by atoms with Gasteiger partial charge in [0, 0.05) is 16.7 Å². The molecule has 0 aromatic heterocycles. The molecule has 0 saturated heterocycles. The zero-order chi connectivity index (χ0) is 15.3. The van der Waals surface area contributed by atoms with E-state index in [0.29, 0.717) is 11.7 Å². The normalized spacial score (nSPS) is 16.7. The number of benzene rings is 1. The highest BCUT2D eigenvalue weighted by molar-refractivity contribution is 7.85. The van der Waals surface area contributed by atoms with Crippen molar-refractivity contribution < 1.29 is 17.4 Å². The first-order valence-corrected chi connectivity index (χ1v) is 7.84. The molecule has 0 aliphatic carbocycles. The van der Waals surface area contributed by atoms with Crippen LogP contribution in [0.1, 0.15) is 25.8 Å². The highest BCUT2D eigenvalue weighted by Gasteiger charge is 2.31. The highest BCUT2D eigenvalue weighted by Crippen LogP contribution is 2.30. The van der Waals surface area contributed by atoms with Gasteiger partial charge in [0.25, 0.3) is 0 Å². The molecule has 0 spiro atoms. The third-order valence-electron chi connectivity index (χ3n) is 3.46. The molecule has 1 aromatic carbocycles. The first-order chi connectivity index (χ1) is 9.29. The molecule has 3 atom stereocenters. The van der Waals surface area contributed by atoms with E-state index in [1.54, 1.807) is 7.05 Å². The van der Waals surface area contributed by atoms with Gasteiger partial charge < -0.3 is 5.32 Å². The Kier molecular flexibility index (Phi) is 6.20. The minimum absolute atomic E-state index is 0.0235. The van der Waals surface area contributed by atoms with Crippen LogP contribution in [0.2, 0.25) is 0 Å². The lowest BCUT2D eigenvalue weighted by Crippen LogP contribution is -2.36. The van der Waals surface area contributed by atoms with E-state index >= 15 is 0 Å². The van der Waals surface area contributed by atoms with E-state index in [-0.39, 0.29) is 10.9 Å². The van der Waals surface area contributed by atoms with Gasteiger partial charge in [-0.25, -0.2) is 0 Å². The van der Waals surface area contributed by atoms with Gasteiger partial charge in [0.15, 0.2) is 0 Å². The Bertz CT molecular complexity index is 462. The van der Waals surface area contributed by atoms with Crippen molar-refractivity contribution >= 4 is 10.8 Å². The van der Waals surface area contributed by atoms with Crippen LogP contribution in [0.25, 0.3) is 0 Å². The van der Waals surface area contributed by atoms with Gasteiger partial charge in [-0.3, -0.25) is 4.21 Å². The lowest BCUT2D eigenvalue weighted by Gasteiger charge is -2.22. The molecule has 0 fully saturated rings. The summed E-state index contributed by atoms with van der Waals surface area (Å²) < 4.78 is 50.1. The van der Waals surface area contributed by atoms with Crippen LogP contribution in [0, 0.1) is 5.92 Å². The molecule has 0 amide bonds. The quantitative estimate of drug-likeness (QED) is 0.872. The number of halogens is 3. The molecule has 0 radical (unpaired) electrons. The van der Waals surface area contributed by atoms with Gasteiger partial charge >= 0.3 is 6.18 Å². The lowest BCUT2D eigenvalue weighted by molar-refractivity contribution is -0.137. The van der Waals surface area contributed by atoms with Crippen LogP contribution in [0.15, 0.2) is 29.2 Å². The van der Waals surface area contributed by atoms with Crippen LogP contribution in [0.3, 0.4) is 0 Å². The molecule has 0 heterocycles. The summed E-state index contributed by atoms with van der Waals surface area (Å²) in [5.74, 6) is 0.627. The Hall–Kier alpha value is -0.880. The number of nitrogens with one attached hydrogen (secondary N) is 1. The topological polar surface area (TPSA) is 29.1 Å². The maximum Gasteiger partial charge on any atom is 0.416 e. The van der Waals surface area contributed by atoms with E-state index in [2.05, 4.69) is 5.32 Å². The van der Waals surface area contributed by atoms with Crippen LogP contribution in [0.5, 0.6) is 0 Å². The minimum Gasteiger partial charge on any atom is -0.316 e. The fraction of sp³-hybridized carbons (Fsp3) is 0.571. The molecule has 6 heteroatoms. The number of rotatable bonds is 6. The summed E-state index contributed by atoms with van der Waals surface area (Å²) in [5, 5.41) is 3.08. The third-order valence-corrected chi connectivity index (χ3v) is 4.90. The third kappa shape index (κ3) is 4.59. The van der Waals surface area contributed by atoms with Crippen LogP contribution < -0.4 is 5.32 Å². The molecule has 20 heavy (non-hydrogen) atoms. The number of hydrogen-bond donors (Lipinski definition) is 1. The number of hydrogen-bond acceptors (Lipinski definition) is 2. The molecule has 1 aromatic rings. The Morgan fingerprint density at radius 3 is 2.50 bits per heavy atom. The molecule has 114 valence electrons. The van der Waals surface area contributed by atoms with Gasteiger partial charge in [0.05, 0.1) is 16.4 Å². The van der Waals surface area contributed by atoms with E-state index < -0.39 is 22.5 Å². The van der Waals surface area contributed by atoms with Gasteiger partial charge in [0.1, 0.15) is 0 Å². The van der Waals surface area contributed by atoms with Gasteiger partial charge in [-0.1, -0.05) is 26.3 Å². The van der Waals surface area contributed by atoms with Crippen LogP contribution in [-0.2, 0) is 17.0 Å². The van der Waals surface area contributed by atoms with Gasteiger partial charge in [-0.15, -0.1) is 0 Å². The van der Waals surface area contributed by atoms with Crippen LogP contribution in [0.4, 0.5) is 13.2 Å². The molecular formula is C14H20F3NOS. The largest absolute Gasteiger partial charge is 0.416 e. The smallest absolute Gasteiger partial charge is 0.316 e. The second-order valence-corrected chi connectivity index (χ2v) is 6.31. The molecule has 1 rings (SSSR count). The summed E-state index contributed by atoms with van der Waals surface area (Å²) in [5.41, 5.74) is -0.757. The monoisotopic (exact) mass is 307 g/mol. The average Bonchev–Trinajstić information content (AvgIpc) is 2.42. The predicted octanol–water partition coefficient (Wildman–Crippen LogP) is 3.45. The minimum atomic E-state index is -4.40. The molecule has 2 nitrogen and oxygen atoms in total. The molecule has 3 unspecified atom stereocenters. The second-order valence-electron chi connectivity index (χ2n) is 4.82. The maximum atomic E-state index is 12.6.